The first-order chi connectivity index (χ1) is 8.63. The molecule has 0 fully saturated rings. The summed E-state index contributed by atoms with van der Waals surface area (Å²) in [6.07, 6.45) is 2.31. The molecule has 0 saturated carbocycles. The highest BCUT2D eigenvalue weighted by Crippen LogP contribution is 2.14. The normalized spacial score (nSPS) is 11.0. The van der Waals surface area contributed by atoms with Crippen molar-refractivity contribution in [1.29, 1.82) is 0 Å². The number of rotatable bonds is 7. The van der Waals surface area contributed by atoms with Gasteiger partial charge in [-0.15, -0.1) is 0 Å². The lowest BCUT2D eigenvalue weighted by molar-refractivity contribution is -0.131. The van der Waals surface area contributed by atoms with Crippen LogP contribution in [0.3, 0.4) is 0 Å². The van der Waals surface area contributed by atoms with Gasteiger partial charge in [-0.2, -0.15) is 0 Å². The third-order valence-electron chi connectivity index (χ3n) is 2.20. The number of benzene rings is 1. The van der Waals surface area contributed by atoms with Gasteiger partial charge in [-0.05, 0) is 29.3 Å². The van der Waals surface area contributed by atoms with Crippen LogP contribution in [0.1, 0.15) is 11.1 Å². The van der Waals surface area contributed by atoms with Crippen LogP contribution >= 0.6 is 0 Å². The summed E-state index contributed by atoms with van der Waals surface area (Å²) in [4.78, 5) is 10.4. The molecule has 5 heteroatoms. The minimum atomic E-state index is -1.08. The summed E-state index contributed by atoms with van der Waals surface area (Å²) in [5.41, 5.74) is 1.22. The number of aliphatic carboxylic acids is 1. The van der Waals surface area contributed by atoms with E-state index >= 15 is 0 Å². The van der Waals surface area contributed by atoms with E-state index in [1.54, 1.807) is 13.2 Å². The Balaban J connectivity index is 2.73. The Bertz CT molecular complexity index is 429. The Morgan fingerprint density at radius 3 is 2.89 bits per heavy atom. The molecular weight excluding hydrogens is 239 g/mol. The lowest BCUT2D eigenvalue weighted by Crippen LogP contribution is -2.03. The van der Waals surface area contributed by atoms with E-state index in [1.165, 1.54) is 18.2 Å². The number of hydrogen-bond acceptors (Lipinski definition) is 3. The molecule has 4 nitrogen and oxygen atoms in total. The fourth-order valence-corrected chi connectivity index (χ4v) is 1.34. The van der Waals surface area contributed by atoms with Gasteiger partial charge in [0.05, 0.1) is 19.8 Å². The maximum absolute atomic E-state index is 13.1. The summed E-state index contributed by atoms with van der Waals surface area (Å²) in [7, 11) is 1.57. The summed E-state index contributed by atoms with van der Waals surface area (Å²) in [6, 6.07) is 4.16. The molecule has 0 aliphatic carbocycles. The van der Waals surface area contributed by atoms with E-state index in [9.17, 15) is 9.18 Å². The fourth-order valence-electron chi connectivity index (χ4n) is 1.34. The number of halogens is 1. The molecule has 18 heavy (non-hydrogen) atoms. The van der Waals surface area contributed by atoms with E-state index in [0.29, 0.717) is 18.8 Å². The van der Waals surface area contributed by atoms with Gasteiger partial charge in [-0.3, -0.25) is 0 Å². The lowest BCUT2D eigenvalue weighted by Gasteiger charge is -2.07. The molecule has 98 valence electrons. The SMILES string of the molecule is COCCOCc1ccc(F)cc1/C=C/C(=O)O. The zero-order valence-corrected chi connectivity index (χ0v) is 10.1. The predicted octanol–water partition coefficient (Wildman–Crippen LogP) is 2.09. The highest BCUT2D eigenvalue weighted by Gasteiger charge is 2.02. The number of methoxy groups -OCH3 is 1. The van der Waals surface area contributed by atoms with Gasteiger partial charge in [0.15, 0.2) is 0 Å². The fraction of sp³-hybridized carbons (Fsp3) is 0.308. The third-order valence-corrected chi connectivity index (χ3v) is 2.20. The van der Waals surface area contributed by atoms with Crippen molar-refractivity contribution in [2.45, 2.75) is 6.61 Å². The van der Waals surface area contributed by atoms with Crippen molar-refractivity contribution in [3.63, 3.8) is 0 Å². The standard InChI is InChI=1S/C13H15FO4/c1-17-6-7-18-9-11-2-4-12(14)8-10(11)3-5-13(15)16/h2-5,8H,6-7,9H2,1H3,(H,15,16)/b5-3+. The maximum atomic E-state index is 13.1. The molecule has 0 unspecified atom stereocenters. The molecule has 0 saturated heterocycles. The second kappa shape index (κ2) is 7.58. The topological polar surface area (TPSA) is 55.8 Å². The van der Waals surface area contributed by atoms with Crippen LogP contribution in [0.25, 0.3) is 6.08 Å². The molecule has 0 spiro atoms. The molecule has 0 amide bonds. The first-order valence-electron chi connectivity index (χ1n) is 5.39. The second-order valence-corrected chi connectivity index (χ2v) is 3.56. The minimum Gasteiger partial charge on any atom is -0.478 e. The lowest BCUT2D eigenvalue weighted by atomic mass is 10.1. The van der Waals surface area contributed by atoms with Crippen LogP contribution in [-0.4, -0.2) is 31.4 Å². The zero-order valence-electron chi connectivity index (χ0n) is 10.1. The molecule has 0 radical (unpaired) electrons. The molecular formula is C13H15FO4. The Kier molecular flexibility index (Phi) is 6.04. The summed E-state index contributed by atoms with van der Waals surface area (Å²) in [6.45, 7) is 1.18. The van der Waals surface area contributed by atoms with Gasteiger partial charge >= 0.3 is 5.97 Å². The van der Waals surface area contributed by atoms with Gasteiger partial charge in [0, 0.05) is 13.2 Å². The van der Waals surface area contributed by atoms with Crippen molar-refractivity contribution >= 4 is 12.0 Å². The van der Waals surface area contributed by atoms with Crippen LogP contribution in [0.2, 0.25) is 0 Å². The van der Waals surface area contributed by atoms with Crippen LogP contribution in [0, 0.1) is 5.82 Å². The van der Waals surface area contributed by atoms with Gasteiger partial charge in [0.1, 0.15) is 5.82 Å². The van der Waals surface area contributed by atoms with Crippen molar-refractivity contribution in [2.75, 3.05) is 20.3 Å². The highest BCUT2D eigenvalue weighted by atomic mass is 19.1. The van der Waals surface area contributed by atoms with Crippen LogP contribution in [0.4, 0.5) is 4.39 Å². The summed E-state index contributed by atoms with van der Waals surface area (Å²) >= 11 is 0. The van der Waals surface area contributed by atoms with Crippen molar-refractivity contribution in [2.24, 2.45) is 0 Å². The number of carbonyl (C=O) groups is 1. The average molecular weight is 254 g/mol. The molecule has 1 aromatic rings. The third kappa shape index (κ3) is 5.07. The Morgan fingerprint density at radius 2 is 2.22 bits per heavy atom. The summed E-state index contributed by atoms with van der Waals surface area (Å²) in [5, 5.41) is 8.55. The van der Waals surface area contributed by atoms with E-state index in [1.807, 2.05) is 0 Å². The Hall–Kier alpha value is -1.72. The first kappa shape index (κ1) is 14.3. The van der Waals surface area contributed by atoms with Crippen LogP contribution < -0.4 is 0 Å². The smallest absolute Gasteiger partial charge is 0.328 e. The quantitative estimate of drug-likeness (QED) is 0.598. The monoisotopic (exact) mass is 254 g/mol. The summed E-state index contributed by atoms with van der Waals surface area (Å²) in [5.74, 6) is -1.49. The Morgan fingerprint density at radius 1 is 1.44 bits per heavy atom. The zero-order chi connectivity index (χ0) is 13.4. The second-order valence-electron chi connectivity index (χ2n) is 3.56. The van der Waals surface area contributed by atoms with E-state index in [-0.39, 0.29) is 6.61 Å². The van der Waals surface area contributed by atoms with Crippen molar-refractivity contribution < 1.29 is 23.8 Å². The van der Waals surface area contributed by atoms with E-state index in [2.05, 4.69) is 0 Å². The van der Waals surface area contributed by atoms with Crippen molar-refractivity contribution in [3.8, 4) is 0 Å². The molecule has 0 atom stereocenters. The molecule has 0 aromatic heterocycles. The number of ether oxygens (including phenoxy) is 2. The maximum Gasteiger partial charge on any atom is 0.328 e. The molecule has 0 aliphatic rings. The minimum absolute atomic E-state index is 0.281. The van der Waals surface area contributed by atoms with Gasteiger partial charge in [-0.1, -0.05) is 6.07 Å². The van der Waals surface area contributed by atoms with Crippen LogP contribution in [0.5, 0.6) is 0 Å². The van der Waals surface area contributed by atoms with Crippen LogP contribution in [-0.2, 0) is 20.9 Å². The number of carboxylic acid groups (broad SMARTS) is 1. The van der Waals surface area contributed by atoms with Gasteiger partial charge < -0.3 is 14.6 Å². The molecule has 0 heterocycles. The van der Waals surface area contributed by atoms with Gasteiger partial charge in [0.25, 0.3) is 0 Å². The van der Waals surface area contributed by atoms with E-state index in [4.69, 9.17) is 14.6 Å². The average Bonchev–Trinajstić information content (AvgIpc) is 2.34. The molecule has 0 aliphatic heterocycles. The van der Waals surface area contributed by atoms with E-state index < -0.39 is 11.8 Å². The largest absolute Gasteiger partial charge is 0.478 e. The van der Waals surface area contributed by atoms with Gasteiger partial charge in [0.2, 0.25) is 0 Å². The Labute approximate surface area is 105 Å². The molecule has 0 bridgehead atoms. The molecule has 1 aromatic carbocycles. The van der Waals surface area contributed by atoms with E-state index in [0.717, 1.165) is 11.6 Å². The van der Waals surface area contributed by atoms with Gasteiger partial charge in [-0.25, -0.2) is 9.18 Å². The molecule has 1 N–H and O–H groups in total. The number of carboxylic acids is 1. The van der Waals surface area contributed by atoms with Crippen molar-refractivity contribution in [1.82, 2.24) is 0 Å². The van der Waals surface area contributed by atoms with Crippen LogP contribution in [0.15, 0.2) is 24.3 Å². The highest BCUT2D eigenvalue weighted by molar-refractivity contribution is 5.85. The van der Waals surface area contributed by atoms with Crippen molar-refractivity contribution in [3.05, 3.63) is 41.2 Å². The first-order valence-corrected chi connectivity index (χ1v) is 5.39. The number of hydrogen-bond donors (Lipinski definition) is 1. The predicted molar refractivity (Wildman–Crippen MR) is 64.6 cm³/mol. The summed E-state index contributed by atoms with van der Waals surface area (Å²) < 4.78 is 23.2. The molecule has 1 rings (SSSR count).